The normalized spacial score (nSPS) is 24.5. The predicted molar refractivity (Wildman–Crippen MR) is 54.7 cm³/mol. The van der Waals surface area contributed by atoms with Crippen LogP contribution >= 0.6 is 0 Å². The molecule has 0 bridgehead atoms. The molecule has 13 heavy (non-hydrogen) atoms. The third kappa shape index (κ3) is 2.93. The molecule has 3 heteroatoms. The average molecular weight is 186 g/mol. The fourth-order valence-electron chi connectivity index (χ4n) is 1.89. The molecule has 0 aliphatic carbocycles. The highest BCUT2D eigenvalue weighted by Gasteiger charge is 2.31. The molecule has 0 aromatic rings. The summed E-state index contributed by atoms with van der Waals surface area (Å²) in [6.45, 7) is 10.1. The SMILES string of the molecule is CCOC(C)(C)CN1CCC1CN. The Hall–Kier alpha value is -0.120. The van der Waals surface area contributed by atoms with Gasteiger partial charge < -0.3 is 10.5 Å². The number of hydrogen-bond acceptors (Lipinski definition) is 3. The minimum Gasteiger partial charge on any atom is -0.375 e. The van der Waals surface area contributed by atoms with E-state index in [1.165, 1.54) is 13.0 Å². The van der Waals surface area contributed by atoms with E-state index in [0.717, 1.165) is 19.7 Å². The first kappa shape index (κ1) is 11.0. The zero-order valence-corrected chi connectivity index (χ0v) is 9.05. The zero-order chi connectivity index (χ0) is 9.90. The fourth-order valence-corrected chi connectivity index (χ4v) is 1.89. The van der Waals surface area contributed by atoms with E-state index < -0.39 is 0 Å². The highest BCUT2D eigenvalue weighted by Crippen LogP contribution is 2.21. The van der Waals surface area contributed by atoms with Gasteiger partial charge in [-0.2, -0.15) is 0 Å². The van der Waals surface area contributed by atoms with Crippen LogP contribution in [0.25, 0.3) is 0 Å². The van der Waals surface area contributed by atoms with Crippen LogP contribution in [0.4, 0.5) is 0 Å². The summed E-state index contributed by atoms with van der Waals surface area (Å²) < 4.78 is 5.65. The lowest BCUT2D eigenvalue weighted by molar-refractivity contribution is -0.0598. The van der Waals surface area contributed by atoms with Crippen molar-refractivity contribution in [2.24, 2.45) is 5.73 Å². The molecule has 0 spiro atoms. The minimum absolute atomic E-state index is 0.0252. The van der Waals surface area contributed by atoms with E-state index >= 15 is 0 Å². The van der Waals surface area contributed by atoms with Gasteiger partial charge in [-0.1, -0.05) is 0 Å². The Bertz CT molecular complexity index is 157. The van der Waals surface area contributed by atoms with E-state index in [9.17, 15) is 0 Å². The number of nitrogens with zero attached hydrogens (tertiary/aromatic N) is 1. The van der Waals surface area contributed by atoms with E-state index in [1.54, 1.807) is 0 Å². The number of rotatable bonds is 5. The molecule has 1 atom stereocenters. The number of ether oxygens (including phenoxy) is 1. The maximum atomic E-state index is 5.65. The third-order valence-corrected chi connectivity index (χ3v) is 2.66. The third-order valence-electron chi connectivity index (χ3n) is 2.66. The molecular weight excluding hydrogens is 164 g/mol. The summed E-state index contributed by atoms with van der Waals surface area (Å²) >= 11 is 0. The molecule has 0 aromatic carbocycles. The Morgan fingerprint density at radius 1 is 1.54 bits per heavy atom. The quantitative estimate of drug-likeness (QED) is 0.691. The summed E-state index contributed by atoms with van der Waals surface area (Å²) in [5.41, 5.74) is 5.61. The molecule has 0 aromatic heterocycles. The Morgan fingerprint density at radius 2 is 2.23 bits per heavy atom. The molecule has 0 saturated carbocycles. The van der Waals surface area contributed by atoms with Crippen LogP contribution < -0.4 is 5.73 Å². The molecule has 1 rings (SSSR count). The van der Waals surface area contributed by atoms with Gasteiger partial charge in [0, 0.05) is 32.3 Å². The van der Waals surface area contributed by atoms with Crippen molar-refractivity contribution in [3.63, 3.8) is 0 Å². The van der Waals surface area contributed by atoms with Crippen molar-refractivity contribution in [3.8, 4) is 0 Å². The van der Waals surface area contributed by atoms with Gasteiger partial charge in [0.1, 0.15) is 0 Å². The van der Waals surface area contributed by atoms with Crippen LogP contribution in [0.1, 0.15) is 27.2 Å². The van der Waals surface area contributed by atoms with Crippen LogP contribution in [0, 0.1) is 0 Å². The molecule has 1 saturated heterocycles. The first-order valence-corrected chi connectivity index (χ1v) is 5.17. The van der Waals surface area contributed by atoms with Gasteiger partial charge in [0.25, 0.3) is 0 Å². The van der Waals surface area contributed by atoms with Crippen molar-refractivity contribution < 1.29 is 4.74 Å². The lowest BCUT2D eigenvalue weighted by atomic mass is 9.99. The van der Waals surface area contributed by atoms with Gasteiger partial charge in [-0.15, -0.1) is 0 Å². The predicted octanol–water partition coefficient (Wildman–Crippen LogP) is 0.835. The summed E-state index contributed by atoms with van der Waals surface area (Å²) in [5.74, 6) is 0. The van der Waals surface area contributed by atoms with Crippen molar-refractivity contribution >= 4 is 0 Å². The van der Waals surface area contributed by atoms with E-state index in [0.29, 0.717) is 6.04 Å². The maximum absolute atomic E-state index is 5.65. The van der Waals surface area contributed by atoms with Gasteiger partial charge in [0.05, 0.1) is 5.60 Å². The van der Waals surface area contributed by atoms with E-state index in [-0.39, 0.29) is 5.60 Å². The first-order chi connectivity index (χ1) is 6.09. The van der Waals surface area contributed by atoms with Crippen LogP contribution in [0.5, 0.6) is 0 Å². The molecule has 2 N–H and O–H groups in total. The number of likely N-dealkylation sites (tertiary alicyclic amines) is 1. The van der Waals surface area contributed by atoms with Crippen molar-refractivity contribution in [2.45, 2.75) is 38.8 Å². The highest BCUT2D eigenvalue weighted by molar-refractivity contribution is 4.87. The zero-order valence-electron chi connectivity index (χ0n) is 9.05. The van der Waals surface area contributed by atoms with Crippen molar-refractivity contribution in [2.75, 3.05) is 26.2 Å². The van der Waals surface area contributed by atoms with Crippen molar-refractivity contribution in [3.05, 3.63) is 0 Å². The van der Waals surface area contributed by atoms with E-state index in [4.69, 9.17) is 10.5 Å². The Kier molecular flexibility index (Phi) is 3.71. The fraction of sp³-hybridized carbons (Fsp3) is 1.00. The molecule has 0 amide bonds. The van der Waals surface area contributed by atoms with Crippen LogP contribution in [0.2, 0.25) is 0 Å². The Balaban J connectivity index is 2.30. The summed E-state index contributed by atoms with van der Waals surface area (Å²) in [6.07, 6.45) is 1.25. The van der Waals surface area contributed by atoms with Gasteiger partial charge in [-0.3, -0.25) is 4.90 Å². The van der Waals surface area contributed by atoms with Crippen LogP contribution in [0.15, 0.2) is 0 Å². The largest absolute Gasteiger partial charge is 0.375 e. The molecule has 1 aliphatic rings. The average Bonchev–Trinajstić information content (AvgIpc) is 1.99. The minimum atomic E-state index is -0.0252. The standard InChI is InChI=1S/C10H22N2O/c1-4-13-10(2,3)8-12-6-5-9(12)7-11/h9H,4-8,11H2,1-3H3. The molecule has 1 fully saturated rings. The van der Waals surface area contributed by atoms with Crippen LogP contribution in [-0.4, -0.2) is 42.8 Å². The number of hydrogen-bond donors (Lipinski definition) is 1. The maximum Gasteiger partial charge on any atom is 0.0752 e. The summed E-state index contributed by atoms with van der Waals surface area (Å²) in [7, 11) is 0. The van der Waals surface area contributed by atoms with Gasteiger partial charge in [0.15, 0.2) is 0 Å². The Morgan fingerprint density at radius 3 is 2.62 bits per heavy atom. The molecule has 3 nitrogen and oxygen atoms in total. The molecule has 0 radical (unpaired) electrons. The first-order valence-electron chi connectivity index (χ1n) is 5.17. The molecular formula is C10H22N2O. The van der Waals surface area contributed by atoms with Crippen molar-refractivity contribution in [1.82, 2.24) is 4.90 Å². The van der Waals surface area contributed by atoms with Crippen molar-refractivity contribution in [1.29, 1.82) is 0 Å². The second kappa shape index (κ2) is 4.40. The molecule has 1 aliphatic heterocycles. The Labute approximate surface area is 81.2 Å². The van der Waals surface area contributed by atoms with E-state index in [1.807, 2.05) is 6.92 Å². The molecule has 1 unspecified atom stereocenters. The number of nitrogens with two attached hydrogens (primary N) is 1. The second-order valence-corrected chi connectivity index (χ2v) is 4.34. The van der Waals surface area contributed by atoms with Gasteiger partial charge in [-0.05, 0) is 27.2 Å². The summed E-state index contributed by atoms with van der Waals surface area (Å²) in [4.78, 5) is 2.41. The van der Waals surface area contributed by atoms with Gasteiger partial charge in [0.2, 0.25) is 0 Å². The summed E-state index contributed by atoms with van der Waals surface area (Å²) in [6, 6.07) is 0.597. The van der Waals surface area contributed by atoms with E-state index in [2.05, 4.69) is 18.7 Å². The van der Waals surface area contributed by atoms with Gasteiger partial charge >= 0.3 is 0 Å². The van der Waals surface area contributed by atoms with Crippen LogP contribution in [-0.2, 0) is 4.74 Å². The lowest BCUT2D eigenvalue weighted by Crippen LogP contribution is -2.56. The monoisotopic (exact) mass is 186 g/mol. The topological polar surface area (TPSA) is 38.5 Å². The molecule has 1 heterocycles. The van der Waals surface area contributed by atoms with Gasteiger partial charge in [-0.25, -0.2) is 0 Å². The molecule has 78 valence electrons. The summed E-state index contributed by atoms with van der Waals surface area (Å²) in [5, 5.41) is 0. The smallest absolute Gasteiger partial charge is 0.0752 e. The lowest BCUT2D eigenvalue weighted by Gasteiger charge is -2.44. The second-order valence-electron chi connectivity index (χ2n) is 4.34. The highest BCUT2D eigenvalue weighted by atomic mass is 16.5. The van der Waals surface area contributed by atoms with Crippen LogP contribution in [0.3, 0.4) is 0 Å².